The fourth-order valence-electron chi connectivity index (χ4n) is 0.751. The molecule has 1 aromatic rings. The Morgan fingerprint density at radius 3 is 3.00 bits per heavy atom. The Balaban J connectivity index is 2.43. The number of hydrogen-bond acceptors (Lipinski definition) is 1. The summed E-state index contributed by atoms with van der Waals surface area (Å²) in [6, 6.07) is 3.81. The Morgan fingerprint density at radius 1 is 1.45 bits per heavy atom. The van der Waals surface area contributed by atoms with Crippen LogP contribution in [0.4, 0.5) is 0 Å². The molecule has 0 amide bonds. The lowest BCUT2D eigenvalue weighted by Crippen LogP contribution is -1.57. The highest BCUT2D eigenvalue weighted by atomic mass is 16.3. The molecule has 0 N–H and O–H groups in total. The average Bonchev–Trinajstić information content (AvgIpc) is 2.50. The first kappa shape index (κ1) is 7.86. The maximum Gasteiger partial charge on any atom is 0.126 e. The van der Waals surface area contributed by atoms with Crippen LogP contribution < -0.4 is 0 Å². The van der Waals surface area contributed by atoms with Crippen molar-refractivity contribution in [3.8, 4) is 0 Å². The predicted molar refractivity (Wildman–Crippen MR) is 47.2 cm³/mol. The fraction of sp³-hybridized carbons (Fsp3) is 0.200. The van der Waals surface area contributed by atoms with Gasteiger partial charge in [-0.15, -0.1) is 0 Å². The van der Waals surface area contributed by atoms with Gasteiger partial charge >= 0.3 is 0 Å². The molecule has 0 spiro atoms. The van der Waals surface area contributed by atoms with E-state index in [2.05, 4.69) is 13.0 Å². The zero-order valence-electron chi connectivity index (χ0n) is 6.66. The summed E-state index contributed by atoms with van der Waals surface area (Å²) in [5, 5.41) is 0. The molecule has 0 atom stereocenters. The lowest BCUT2D eigenvalue weighted by atomic mass is 10.3. The summed E-state index contributed by atoms with van der Waals surface area (Å²) in [6.45, 7) is 2.11. The summed E-state index contributed by atoms with van der Waals surface area (Å²) in [6.07, 6.45) is 10.8. The topological polar surface area (TPSA) is 13.1 Å². The smallest absolute Gasteiger partial charge is 0.126 e. The summed E-state index contributed by atoms with van der Waals surface area (Å²) in [5.41, 5.74) is 0. The Labute approximate surface area is 67.0 Å². The van der Waals surface area contributed by atoms with Gasteiger partial charge in [-0.1, -0.05) is 25.2 Å². The summed E-state index contributed by atoms with van der Waals surface area (Å²) in [4.78, 5) is 0. The Kier molecular flexibility index (Phi) is 3.26. The lowest BCUT2D eigenvalue weighted by molar-refractivity contribution is 0.557. The van der Waals surface area contributed by atoms with E-state index in [-0.39, 0.29) is 0 Å². The number of hydrogen-bond donors (Lipinski definition) is 0. The largest absolute Gasteiger partial charge is 0.465 e. The van der Waals surface area contributed by atoms with Gasteiger partial charge in [-0.2, -0.15) is 0 Å². The third-order valence-corrected chi connectivity index (χ3v) is 1.29. The second-order valence-corrected chi connectivity index (χ2v) is 2.21. The zero-order chi connectivity index (χ0) is 7.94. The van der Waals surface area contributed by atoms with E-state index in [0.717, 1.165) is 12.2 Å². The molecule has 0 aliphatic heterocycles. The minimum Gasteiger partial charge on any atom is -0.465 e. The molecule has 1 rings (SSSR count). The first-order valence-corrected chi connectivity index (χ1v) is 3.80. The molecule has 0 radical (unpaired) electrons. The van der Waals surface area contributed by atoms with Crippen LogP contribution in [0.25, 0.3) is 6.08 Å². The molecule has 0 bridgehead atoms. The average molecular weight is 148 g/mol. The molecule has 1 nitrogen and oxygen atoms in total. The highest BCUT2D eigenvalue weighted by Crippen LogP contribution is 2.01. The van der Waals surface area contributed by atoms with Crippen LogP contribution in [0.2, 0.25) is 0 Å². The van der Waals surface area contributed by atoms with Crippen molar-refractivity contribution in [1.29, 1.82) is 0 Å². The molecule has 0 aromatic carbocycles. The van der Waals surface area contributed by atoms with Crippen molar-refractivity contribution in [2.24, 2.45) is 0 Å². The number of furan rings is 1. The second-order valence-electron chi connectivity index (χ2n) is 2.21. The van der Waals surface area contributed by atoms with Crippen molar-refractivity contribution in [1.82, 2.24) is 0 Å². The van der Waals surface area contributed by atoms with Gasteiger partial charge in [0.1, 0.15) is 5.76 Å². The fourth-order valence-corrected chi connectivity index (χ4v) is 0.751. The SMILES string of the molecule is CC/C=C/C=C/c1ccco1. The molecular weight excluding hydrogens is 136 g/mol. The van der Waals surface area contributed by atoms with Crippen LogP contribution in [-0.4, -0.2) is 0 Å². The molecular formula is C10H12O. The minimum atomic E-state index is 0.894. The first-order chi connectivity index (χ1) is 5.43. The van der Waals surface area contributed by atoms with Gasteiger partial charge in [0.15, 0.2) is 0 Å². The van der Waals surface area contributed by atoms with Gasteiger partial charge in [0.05, 0.1) is 6.26 Å². The van der Waals surface area contributed by atoms with E-state index < -0.39 is 0 Å². The first-order valence-electron chi connectivity index (χ1n) is 3.80. The van der Waals surface area contributed by atoms with Gasteiger partial charge in [0.25, 0.3) is 0 Å². The number of allylic oxidation sites excluding steroid dienone is 3. The zero-order valence-corrected chi connectivity index (χ0v) is 6.66. The van der Waals surface area contributed by atoms with Gasteiger partial charge in [-0.05, 0) is 24.6 Å². The van der Waals surface area contributed by atoms with E-state index >= 15 is 0 Å². The molecule has 0 fully saturated rings. The molecule has 0 saturated heterocycles. The highest BCUT2D eigenvalue weighted by Gasteiger charge is 1.83. The second kappa shape index (κ2) is 4.56. The van der Waals surface area contributed by atoms with Crippen molar-refractivity contribution >= 4 is 6.08 Å². The standard InChI is InChI=1S/C10H12O/c1-2-3-4-5-7-10-8-6-9-11-10/h3-9H,2H2,1H3/b4-3+,7-5+. The third kappa shape index (κ3) is 2.89. The monoisotopic (exact) mass is 148 g/mol. The van der Waals surface area contributed by atoms with Crippen LogP contribution in [-0.2, 0) is 0 Å². The van der Waals surface area contributed by atoms with Gasteiger partial charge < -0.3 is 4.42 Å². The van der Waals surface area contributed by atoms with Crippen LogP contribution >= 0.6 is 0 Å². The molecule has 1 heteroatoms. The van der Waals surface area contributed by atoms with Crippen molar-refractivity contribution in [3.63, 3.8) is 0 Å². The highest BCUT2D eigenvalue weighted by molar-refractivity contribution is 5.44. The summed E-state index contributed by atoms with van der Waals surface area (Å²) in [7, 11) is 0. The normalized spacial score (nSPS) is 11.7. The van der Waals surface area contributed by atoms with E-state index in [1.165, 1.54) is 0 Å². The maximum atomic E-state index is 5.09. The van der Waals surface area contributed by atoms with Crippen LogP contribution in [0.15, 0.2) is 41.0 Å². The Bertz CT molecular complexity index is 229. The summed E-state index contributed by atoms with van der Waals surface area (Å²) >= 11 is 0. The van der Waals surface area contributed by atoms with E-state index in [9.17, 15) is 0 Å². The molecule has 1 heterocycles. The number of rotatable bonds is 3. The lowest BCUT2D eigenvalue weighted by Gasteiger charge is -1.79. The Morgan fingerprint density at radius 2 is 2.36 bits per heavy atom. The molecule has 0 unspecified atom stereocenters. The van der Waals surface area contributed by atoms with Crippen LogP contribution in [0, 0.1) is 0 Å². The van der Waals surface area contributed by atoms with Crippen molar-refractivity contribution in [3.05, 3.63) is 42.4 Å². The summed E-state index contributed by atoms with van der Waals surface area (Å²) in [5.74, 6) is 0.894. The molecule has 58 valence electrons. The van der Waals surface area contributed by atoms with E-state index in [0.29, 0.717) is 0 Å². The van der Waals surface area contributed by atoms with Crippen LogP contribution in [0.1, 0.15) is 19.1 Å². The van der Waals surface area contributed by atoms with Crippen LogP contribution in [0.3, 0.4) is 0 Å². The molecule has 11 heavy (non-hydrogen) atoms. The predicted octanol–water partition coefficient (Wildman–Crippen LogP) is 3.26. The van der Waals surface area contributed by atoms with E-state index in [1.54, 1.807) is 6.26 Å². The molecule has 1 aromatic heterocycles. The third-order valence-electron chi connectivity index (χ3n) is 1.29. The maximum absolute atomic E-state index is 5.09. The van der Waals surface area contributed by atoms with E-state index in [4.69, 9.17) is 4.42 Å². The van der Waals surface area contributed by atoms with Gasteiger partial charge in [-0.25, -0.2) is 0 Å². The van der Waals surface area contributed by atoms with Crippen molar-refractivity contribution in [2.75, 3.05) is 0 Å². The van der Waals surface area contributed by atoms with Crippen LogP contribution in [0.5, 0.6) is 0 Å². The molecule has 0 aliphatic rings. The molecule has 0 saturated carbocycles. The van der Waals surface area contributed by atoms with E-state index in [1.807, 2.05) is 30.4 Å². The van der Waals surface area contributed by atoms with Gasteiger partial charge in [0, 0.05) is 0 Å². The summed E-state index contributed by atoms with van der Waals surface area (Å²) < 4.78 is 5.09. The van der Waals surface area contributed by atoms with Gasteiger partial charge in [0.2, 0.25) is 0 Å². The Hall–Kier alpha value is -1.24. The van der Waals surface area contributed by atoms with Crippen molar-refractivity contribution < 1.29 is 4.42 Å². The quantitative estimate of drug-likeness (QED) is 0.599. The minimum absolute atomic E-state index is 0.894. The van der Waals surface area contributed by atoms with Gasteiger partial charge in [-0.3, -0.25) is 0 Å². The van der Waals surface area contributed by atoms with Crippen molar-refractivity contribution in [2.45, 2.75) is 13.3 Å². The molecule has 0 aliphatic carbocycles.